The van der Waals surface area contributed by atoms with Crippen LogP contribution in [-0.2, 0) is 6.54 Å². The molecule has 0 saturated carbocycles. The number of nitrogens with one attached hydrogen (secondary N) is 1. The molecular formula is C16H18BrFN2. The number of para-hydroxylation sites is 1. The van der Waals surface area contributed by atoms with Crippen LogP contribution in [0.5, 0.6) is 0 Å². The minimum absolute atomic E-state index is 0.215. The second-order valence-electron chi connectivity index (χ2n) is 4.56. The summed E-state index contributed by atoms with van der Waals surface area (Å²) in [6.07, 6.45) is 0. The van der Waals surface area contributed by atoms with Crippen molar-refractivity contribution in [2.75, 3.05) is 18.5 Å². The van der Waals surface area contributed by atoms with Gasteiger partial charge in [-0.15, -0.1) is 0 Å². The maximum absolute atomic E-state index is 13.9. The molecule has 0 aromatic heterocycles. The van der Waals surface area contributed by atoms with E-state index in [2.05, 4.69) is 34.2 Å². The molecule has 0 radical (unpaired) electrons. The Hall–Kier alpha value is -1.39. The van der Waals surface area contributed by atoms with Gasteiger partial charge in [-0.05, 0) is 42.4 Å². The van der Waals surface area contributed by atoms with Gasteiger partial charge in [0.05, 0.1) is 5.69 Å². The third-order valence-electron chi connectivity index (χ3n) is 3.18. The average Bonchev–Trinajstić information content (AvgIpc) is 2.45. The summed E-state index contributed by atoms with van der Waals surface area (Å²) in [5.74, 6) is -0.215. The molecule has 0 amide bonds. The summed E-state index contributed by atoms with van der Waals surface area (Å²) >= 11 is 3.49. The van der Waals surface area contributed by atoms with Gasteiger partial charge in [-0.1, -0.05) is 35.0 Å². The van der Waals surface area contributed by atoms with Gasteiger partial charge in [0, 0.05) is 23.8 Å². The number of benzene rings is 2. The number of hydrogen-bond donors (Lipinski definition) is 1. The second-order valence-corrected chi connectivity index (χ2v) is 5.48. The molecule has 2 rings (SSSR count). The molecule has 0 aliphatic rings. The summed E-state index contributed by atoms with van der Waals surface area (Å²) in [5.41, 5.74) is 2.71. The zero-order chi connectivity index (χ0) is 14.5. The summed E-state index contributed by atoms with van der Waals surface area (Å²) in [4.78, 5) is 1.88. The lowest BCUT2D eigenvalue weighted by Gasteiger charge is -2.23. The minimum atomic E-state index is -0.215. The van der Waals surface area contributed by atoms with E-state index in [0.29, 0.717) is 5.69 Å². The maximum atomic E-state index is 13.9. The standard InChI is InChI=1S/C16H18BrFN2/c1-3-19-11-12-10-13(17)8-9-15(12)20(2)16-7-5-4-6-14(16)18/h4-10,19H,3,11H2,1-2H3. The van der Waals surface area contributed by atoms with E-state index in [0.717, 1.165) is 28.8 Å². The number of nitrogens with zero attached hydrogens (tertiary/aromatic N) is 1. The third-order valence-corrected chi connectivity index (χ3v) is 3.68. The van der Waals surface area contributed by atoms with Gasteiger partial charge in [0.1, 0.15) is 5.82 Å². The first-order valence-corrected chi connectivity index (χ1v) is 7.40. The van der Waals surface area contributed by atoms with Gasteiger partial charge in [-0.2, -0.15) is 0 Å². The first-order valence-electron chi connectivity index (χ1n) is 6.61. The Labute approximate surface area is 127 Å². The van der Waals surface area contributed by atoms with Crippen LogP contribution in [0.2, 0.25) is 0 Å². The fourth-order valence-corrected chi connectivity index (χ4v) is 2.54. The summed E-state index contributed by atoms with van der Waals surface area (Å²) < 4.78 is 14.9. The minimum Gasteiger partial charge on any atom is -0.342 e. The Morgan fingerprint density at radius 2 is 1.90 bits per heavy atom. The Balaban J connectivity index is 2.38. The summed E-state index contributed by atoms with van der Waals surface area (Å²) in [5, 5.41) is 3.31. The molecule has 0 aliphatic carbocycles. The highest BCUT2D eigenvalue weighted by Crippen LogP contribution is 2.30. The molecular weight excluding hydrogens is 319 g/mol. The molecule has 2 nitrogen and oxygen atoms in total. The molecule has 0 atom stereocenters. The van der Waals surface area contributed by atoms with Gasteiger partial charge in [0.25, 0.3) is 0 Å². The van der Waals surface area contributed by atoms with Crippen LogP contribution in [0.25, 0.3) is 0 Å². The van der Waals surface area contributed by atoms with E-state index in [9.17, 15) is 4.39 Å². The van der Waals surface area contributed by atoms with Crippen molar-refractivity contribution in [1.82, 2.24) is 5.32 Å². The van der Waals surface area contributed by atoms with Gasteiger partial charge in [0.15, 0.2) is 0 Å². The number of rotatable bonds is 5. The molecule has 4 heteroatoms. The molecule has 0 bridgehead atoms. The summed E-state index contributed by atoms with van der Waals surface area (Å²) in [6.45, 7) is 3.72. The number of hydrogen-bond acceptors (Lipinski definition) is 2. The Morgan fingerprint density at radius 1 is 1.15 bits per heavy atom. The van der Waals surface area contributed by atoms with E-state index >= 15 is 0 Å². The van der Waals surface area contributed by atoms with Crippen molar-refractivity contribution in [2.45, 2.75) is 13.5 Å². The first-order chi connectivity index (χ1) is 9.63. The fourth-order valence-electron chi connectivity index (χ4n) is 2.14. The number of halogens is 2. The van der Waals surface area contributed by atoms with Crippen molar-refractivity contribution in [1.29, 1.82) is 0 Å². The molecule has 2 aromatic carbocycles. The molecule has 0 fully saturated rings. The van der Waals surface area contributed by atoms with Gasteiger partial charge in [-0.25, -0.2) is 4.39 Å². The van der Waals surface area contributed by atoms with Gasteiger partial charge in [0.2, 0.25) is 0 Å². The van der Waals surface area contributed by atoms with Crippen LogP contribution in [0.4, 0.5) is 15.8 Å². The molecule has 0 unspecified atom stereocenters. The van der Waals surface area contributed by atoms with Crippen LogP contribution in [0.15, 0.2) is 46.9 Å². The predicted molar refractivity (Wildman–Crippen MR) is 86.0 cm³/mol. The van der Waals surface area contributed by atoms with Crippen molar-refractivity contribution in [3.8, 4) is 0 Å². The molecule has 0 heterocycles. The monoisotopic (exact) mass is 336 g/mol. The molecule has 2 aromatic rings. The first kappa shape index (κ1) is 15.0. The Kier molecular flexibility index (Phi) is 5.15. The van der Waals surface area contributed by atoms with Crippen molar-refractivity contribution in [2.24, 2.45) is 0 Å². The summed E-state index contributed by atoms with van der Waals surface area (Å²) in [7, 11) is 1.89. The lowest BCUT2D eigenvalue weighted by molar-refractivity contribution is 0.627. The molecule has 0 spiro atoms. The largest absolute Gasteiger partial charge is 0.342 e. The van der Waals surface area contributed by atoms with Gasteiger partial charge < -0.3 is 10.2 Å². The SMILES string of the molecule is CCNCc1cc(Br)ccc1N(C)c1ccccc1F. The fraction of sp³-hybridized carbons (Fsp3) is 0.250. The molecule has 106 valence electrons. The second kappa shape index (κ2) is 6.86. The van der Waals surface area contributed by atoms with Crippen molar-refractivity contribution < 1.29 is 4.39 Å². The van der Waals surface area contributed by atoms with E-state index < -0.39 is 0 Å². The van der Waals surface area contributed by atoms with Crippen LogP contribution in [0.3, 0.4) is 0 Å². The van der Waals surface area contributed by atoms with E-state index in [1.165, 1.54) is 6.07 Å². The quantitative estimate of drug-likeness (QED) is 0.866. The molecule has 20 heavy (non-hydrogen) atoms. The Morgan fingerprint density at radius 3 is 2.60 bits per heavy atom. The van der Waals surface area contributed by atoms with Gasteiger partial charge in [-0.3, -0.25) is 0 Å². The van der Waals surface area contributed by atoms with Crippen molar-refractivity contribution in [3.63, 3.8) is 0 Å². The lowest BCUT2D eigenvalue weighted by atomic mass is 10.1. The normalized spacial score (nSPS) is 10.6. The maximum Gasteiger partial charge on any atom is 0.146 e. The van der Waals surface area contributed by atoms with E-state index in [1.54, 1.807) is 12.1 Å². The van der Waals surface area contributed by atoms with Crippen LogP contribution < -0.4 is 10.2 Å². The smallest absolute Gasteiger partial charge is 0.146 e. The van der Waals surface area contributed by atoms with E-state index in [-0.39, 0.29) is 5.82 Å². The van der Waals surface area contributed by atoms with E-state index in [1.807, 2.05) is 30.1 Å². The molecule has 1 N–H and O–H groups in total. The van der Waals surface area contributed by atoms with E-state index in [4.69, 9.17) is 0 Å². The van der Waals surface area contributed by atoms with Crippen LogP contribution in [0, 0.1) is 5.82 Å². The van der Waals surface area contributed by atoms with Crippen LogP contribution in [0.1, 0.15) is 12.5 Å². The topological polar surface area (TPSA) is 15.3 Å². The third kappa shape index (κ3) is 3.38. The van der Waals surface area contributed by atoms with Gasteiger partial charge >= 0.3 is 0 Å². The lowest BCUT2D eigenvalue weighted by Crippen LogP contribution is -2.17. The highest BCUT2D eigenvalue weighted by atomic mass is 79.9. The highest BCUT2D eigenvalue weighted by Gasteiger charge is 2.12. The zero-order valence-electron chi connectivity index (χ0n) is 11.7. The predicted octanol–water partition coefficient (Wildman–Crippen LogP) is 4.47. The van der Waals surface area contributed by atoms with Crippen LogP contribution >= 0.6 is 15.9 Å². The molecule has 0 saturated heterocycles. The number of anilines is 2. The molecule has 0 aliphatic heterocycles. The van der Waals surface area contributed by atoms with Crippen molar-refractivity contribution in [3.05, 3.63) is 58.3 Å². The van der Waals surface area contributed by atoms with Crippen molar-refractivity contribution >= 4 is 27.3 Å². The highest BCUT2D eigenvalue weighted by molar-refractivity contribution is 9.10. The zero-order valence-corrected chi connectivity index (χ0v) is 13.2. The Bertz CT molecular complexity index is 586. The summed E-state index contributed by atoms with van der Waals surface area (Å²) in [6, 6.07) is 12.9. The van der Waals surface area contributed by atoms with Crippen LogP contribution in [-0.4, -0.2) is 13.6 Å². The average molecular weight is 337 g/mol.